The Hall–Kier alpha value is -2.28. The Labute approximate surface area is 191 Å². The lowest BCUT2D eigenvalue weighted by Gasteiger charge is -2.11. The molecule has 1 fully saturated rings. The summed E-state index contributed by atoms with van der Waals surface area (Å²) < 4.78 is 12.2. The molecule has 0 aliphatic carbocycles. The van der Waals surface area contributed by atoms with Gasteiger partial charge in [0.1, 0.15) is 15.8 Å². The summed E-state index contributed by atoms with van der Waals surface area (Å²) in [5.41, 5.74) is 1.82. The van der Waals surface area contributed by atoms with Crippen LogP contribution in [0.1, 0.15) is 17.5 Å². The second-order valence-corrected chi connectivity index (χ2v) is 8.66. The second-order valence-electron chi connectivity index (χ2n) is 6.58. The van der Waals surface area contributed by atoms with Crippen molar-refractivity contribution in [2.75, 3.05) is 19.8 Å². The molecular formula is C23H22ClNO3S2. The second kappa shape index (κ2) is 10.7. The smallest absolute Gasteiger partial charge is 0.266 e. The number of hydrogen-bond donors (Lipinski definition) is 0. The monoisotopic (exact) mass is 459 g/mol. The number of hydrogen-bond acceptors (Lipinski definition) is 5. The van der Waals surface area contributed by atoms with Gasteiger partial charge in [-0.2, -0.15) is 0 Å². The minimum Gasteiger partial charge on any atom is -0.493 e. The van der Waals surface area contributed by atoms with E-state index in [1.165, 1.54) is 16.7 Å². The lowest BCUT2D eigenvalue weighted by atomic mass is 10.2. The van der Waals surface area contributed by atoms with Gasteiger partial charge in [0.15, 0.2) is 0 Å². The number of amides is 1. The van der Waals surface area contributed by atoms with Crippen LogP contribution in [0, 0.1) is 6.92 Å². The number of thiocarbonyl (C=S) groups is 1. The third kappa shape index (κ3) is 5.65. The highest BCUT2D eigenvalue weighted by Crippen LogP contribution is 2.34. The van der Waals surface area contributed by atoms with Crippen LogP contribution < -0.4 is 9.47 Å². The number of nitrogens with zero attached hydrogens (tertiary/aromatic N) is 1. The zero-order chi connectivity index (χ0) is 21.5. The molecule has 1 heterocycles. The third-order valence-electron chi connectivity index (χ3n) is 4.34. The molecule has 2 aromatic rings. The highest BCUT2D eigenvalue weighted by molar-refractivity contribution is 8.26. The van der Waals surface area contributed by atoms with E-state index in [9.17, 15) is 4.79 Å². The quantitative estimate of drug-likeness (QED) is 0.202. The first-order valence-corrected chi connectivity index (χ1v) is 11.1. The van der Waals surface area contributed by atoms with Gasteiger partial charge in [0.2, 0.25) is 0 Å². The summed E-state index contributed by atoms with van der Waals surface area (Å²) in [6.07, 6.45) is 4.21. The summed E-state index contributed by atoms with van der Waals surface area (Å²) in [7, 11) is 0. The standard InChI is InChI=1S/C23H22ClNO3S2/c1-3-11-25-22(26)21(30-23(25)29)15-17-7-4-5-8-20(17)28-13-6-12-27-18-9-10-19(24)16(2)14-18/h3-5,7-10,14-15H,1,6,11-13H2,2H3/b21-15+. The molecule has 7 heteroatoms. The van der Waals surface area contributed by atoms with E-state index < -0.39 is 0 Å². The van der Waals surface area contributed by atoms with Gasteiger partial charge in [0, 0.05) is 23.6 Å². The summed E-state index contributed by atoms with van der Waals surface area (Å²) in [6.45, 7) is 7.06. The van der Waals surface area contributed by atoms with Gasteiger partial charge in [-0.15, -0.1) is 6.58 Å². The molecule has 0 bridgehead atoms. The molecular weight excluding hydrogens is 438 g/mol. The normalized spacial score (nSPS) is 15.0. The van der Waals surface area contributed by atoms with Crippen LogP contribution >= 0.6 is 35.6 Å². The Kier molecular flexibility index (Phi) is 7.96. The number of aryl methyl sites for hydroxylation is 1. The van der Waals surface area contributed by atoms with Crippen LogP contribution in [0.25, 0.3) is 6.08 Å². The van der Waals surface area contributed by atoms with Gasteiger partial charge in [0.25, 0.3) is 5.91 Å². The van der Waals surface area contributed by atoms with E-state index in [0.29, 0.717) is 34.7 Å². The first-order chi connectivity index (χ1) is 14.5. The van der Waals surface area contributed by atoms with Crippen molar-refractivity contribution >= 4 is 51.9 Å². The van der Waals surface area contributed by atoms with E-state index >= 15 is 0 Å². The topological polar surface area (TPSA) is 38.8 Å². The van der Waals surface area contributed by atoms with Crippen molar-refractivity contribution in [1.29, 1.82) is 0 Å². The van der Waals surface area contributed by atoms with Crippen LogP contribution in [0.15, 0.2) is 60.0 Å². The average Bonchev–Trinajstić information content (AvgIpc) is 2.99. The molecule has 0 saturated carbocycles. The molecule has 3 rings (SSSR count). The van der Waals surface area contributed by atoms with Gasteiger partial charge in [0.05, 0.1) is 18.1 Å². The summed E-state index contributed by atoms with van der Waals surface area (Å²) >= 11 is 12.6. The largest absolute Gasteiger partial charge is 0.493 e. The van der Waals surface area contributed by atoms with Gasteiger partial charge in [-0.05, 0) is 42.8 Å². The lowest BCUT2D eigenvalue weighted by Crippen LogP contribution is -2.27. The zero-order valence-corrected chi connectivity index (χ0v) is 19.0. The SMILES string of the molecule is C=CCN1C(=O)/C(=C\c2ccccc2OCCCOc2ccc(Cl)c(C)c2)SC1=S. The minimum atomic E-state index is -0.105. The molecule has 4 nitrogen and oxygen atoms in total. The molecule has 1 amide bonds. The van der Waals surface area contributed by atoms with Crippen molar-refractivity contribution in [3.05, 3.63) is 76.2 Å². The fourth-order valence-corrected chi connectivity index (χ4v) is 4.18. The molecule has 1 saturated heterocycles. The van der Waals surface area contributed by atoms with E-state index in [0.717, 1.165) is 28.3 Å². The summed E-state index contributed by atoms with van der Waals surface area (Å²) in [6, 6.07) is 13.2. The van der Waals surface area contributed by atoms with Gasteiger partial charge < -0.3 is 9.47 Å². The van der Waals surface area contributed by atoms with E-state index in [1.807, 2.05) is 55.5 Å². The molecule has 0 atom stereocenters. The highest BCUT2D eigenvalue weighted by atomic mass is 35.5. The fraction of sp³-hybridized carbons (Fsp3) is 0.217. The number of halogens is 1. The van der Waals surface area contributed by atoms with Crippen molar-refractivity contribution in [2.45, 2.75) is 13.3 Å². The zero-order valence-electron chi connectivity index (χ0n) is 16.6. The molecule has 0 radical (unpaired) electrons. The van der Waals surface area contributed by atoms with Crippen molar-refractivity contribution in [3.63, 3.8) is 0 Å². The first kappa shape index (κ1) is 22.4. The van der Waals surface area contributed by atoms with E-state index in [4.69, 9.17) is 33.3 Å². The minimum absolute atomic E-state index is 0.105. The van der Waals surface area contributed by atoms with Crippen LogP contribution in [0.4, 0.5) is 0 Å². The van der Waals surface area contributed by atoms with Crippen LogP contribution in [-0.2, 0) is 4.79 Å². The molecule has 0 aromatic heterocycles. The Bertz CT molecular complexity index is 990. The molecule has 1 aliphatic heterocycles. The number of ether oxygens (including phenoxy) is 2. The number of para-hydroxylation sites is 1. The Morgan fingerprint density at radius 2 is 1.97 bits per heavy atom. The van der Waals surface area contributed by atoms with Gasteiger partial charge in [-0.25, -0.2) is 0 Å². The Morgan fingerprint density at radius 3 is 2.73 bits per heavy atom. The third-order valence-corrected chi connectivity index (χ3v) is 6.14. The summed E-state index contributed by atoms with van der Waals surface area (Å²) in [4.78, 5) is 14.7. The highest BCUT2D eigenvalue weighted by Gasteiger charge is 2.31. The number of rotatable bonds is 9. The summed E-state index contributed by atoms with van der Waals surface area (Å²) in [5.74, 6) is 1.40. The maximum absolute atomic E-state index is 12.5. The van der Waals surface area contributed by atoms with E-state index in [2.05, 4.69) is 6.58 Å². The average molecular weight is 460 g/mol. The maximum atomic E-state index is 12.5. The van der Waals surface area contributed by atoms with E-state index in [1.54, 1.807) is 6.08 Å². The van der Waals surface area contributed by atoms with E-state index in [-0.39, 0.29) is 5.91 Å². The van der Waals surface area contributed by atoms with Crippen LogP contribution in [0.5, 0.6) is 11.5 Å². The number of carbonyl (C=O) groups excluding carboxylic acids is 1. The number of thioether (sulfide) groups is 1. The molecule has 0 unspecified atom stereocenters. The molecule has 2 aromatic carbocycles. The van der Waals surface area contributed by atoms with Crippen molar-refractivity contribution < 1.29 is 14.3 Å². The van der Waals surface area contributed by atoms with Crippen LogP contribution in [0.2, 0.25) is 5.02 Å². The van der Waals surface area contributed by atoms with Crippen LogP contribution in [0.3, 0.4) is 0 Å². The molecule has 0 N–H and O–H groups in total. The molecule has 1 aliphatic rings. The molecule has 30 heavy (non-hydrogen) atoms. The number of benzene rings is 2. The predicted molar refractivity (Wildman–Crippen MR) is 128 cm³/mol. The maximum Gasteiger partial charge on any atom is 0.266 e. The van der Waals surface area contributed by atoms with Gasteiger partial charge in [-0.1, -0.05) is 59.9 Å². The Morgan fingerprint density at radius 1 is 1.20 bits per heavy atom. The lowest BCUT2D eigenvalue weighted by molar-refractivity contribution is -0.121. The first-order valence-electron chi connectivity index (χ1n) is 9.46. The van der Waals surface area contributed by atoms with Gasteiger partial charge in [-0.3, -0.25) is 9.69 Å². The van der Waals surface area contributed by atoms with Crippen molar-refractivity contribution in [1.82, 2.24) is 4.90 Å². The van der Waals surface area contributed by atoms with Crippen molar-refractivity contribution in [3.8, 4) is 11.5 Å². The fourth-order valence-electron chi connectivity index (χ4n) is 2.80. The molecule has 0 spiro atoms. The van der Waals surface area contributed by atoms with Gasteiger partial charge >= 0.3 is 0 Å². The van der Waals surface area contributed by atoms with Crippen LogP contribution in [-0.4, -0.2) is 34.9 Å². The summed E-state index contributed by atoms with van der Waals surface area (Å²) in [5, 5.41) is 0.726. The predicted octanol–water partition coefficient (Wildman–Crippen LogP) is 5.88. The Balaban J connectivity index is 1.56. The molecule has 156 valence electrons. The van der Waals surface area contributed by atoms with Crippen molar-refractivity contribution in [2.24, 2.45) is 0 Å². The number of carbonyl (C=O) groups is 1.